The molecule has 1 atom stereocenters. The Kier molecular flexibility index (Phi) is 7.36. The number of carbonyl (C=O) groups excluding carboxylic acids is 1. The average Bonchev–Trinajstić information content (AvgIpc) is 3.69. The van der Waals surface area contributed by atoms with Crippen molar-refractivity contribution in [2.24, 2.45) is 0 Å². The molecular formula is C28H28N8O3. The fraction of sp³-hybridized carbons (Fsp3) is 0.286. The standard InChI is InChI=1S/C28H28N8O3/c1-18(15-36-17-30-16-33-36)39-25-10-19(4-5-21(25)12-29)22-13-31-28(32-14-22)34-24-9-6-20(11-26(24)38-3)27(37)35(2)23-7-8-23/h4-6,9-11,13-14,16-18,23H,7-8,15H2,1-3H3,(H,31,32,34)/t18-/m0/s1. The molecule has 2 aromatic carbocycles. The molecular weight excluding hydrogens is 496 g/mol. The summed E-state index contributed by atoms with van der Waals surface area (Å²) >= 11 is 0. The first-order valence-corrected chi connectivity index (χ1v) is 12.5. The number of benzene rings is 2. The molecule has 0 unspecified atom stereocenters. The molecule has 0 radical (unpaired) electrons. The van der Waals surface area contributed by atoms with Crippen LogP contribution in [-0.2, 0) is 6.54 Å². The highest BCUT2D eigenvalue weighted by Crippen LogP contribution is 2.32. The first-order chi connectivity index (χ1) is 18.9. The minimum atomic E-state index is -0.234. The van der Waals surface area contributed by atoms with Crippen LogP contribution in [0.1, 0.15) is 35.7 Å². The van der Waals surface area contributed by atoms with Gasteiger partial charge in [-0.25, -0.2) is 19.6 Å². The second-order valence-electron chi connectivity index (χ2n) is 9.35. The summed E-state index contributed by atoms with van der Waals surface area (Å²) in [4.78, 5) is 27.3. The second-order valence-corrected chi connectivity index (χ2v) is 9.35. The van der Waals surface area contributed by atoms with Gasteiger partial charge in [-0.15, -0.1) is 0 Å². The van der Waals surface area contributed by atoms with Crippen LogP contribution in [0.2, 0.25) is 0 Å². The highest BCUT2D eigenvalue weighted by atomic mass is 16.5. The van der Waals surface area contributed by atoms with Gasteiger partial charge in [-0.1, -0.05) is 6.07 Å². The number of anilines is 2. The molecule has 0 spiro atoms. The first-order valence-electron chi connectivity index (χ1n) is 12.5. The van der Waals surface area contributed by atoms with Crippen LogP contribution in [0.4, 0.5) is 11.6 Å². The molecule has 0 saturated heterocycles. The smallest absolute Gasteiger partial charge is 0.253 e. The first kappa shape index (κ1) is 25.7. The van der Waals surface area contributed by atoms with Crippen molar-refractivity contribution in [3.8, 4) is 28.7 Å². The lowest BCUT2D eigenvalue weighted by Crippen LogP contribution is -2.28. The Labute approximate surface area is 226 Å². The van der Waals surface area contributed by atoms with E-state index >= 15 is 0 Å². The minimum Gasteiger partial charge on any atom is -0.495 e. The number of methoxy groups -OCH3 is 1. The molecule has 0 bridgehead atoms. The summed E-state index contributed by atoms with van der Waals surface area (Å²) in [7, 11) is 3.39. The van der Waals surface area contributed by atoms with E-state index in [1.54, 1.807) is 65.7 Å². The van der Waals surface area contributed by atoms with Gasteiger partial charge in [-0.2, -0.15) is 10.4 Å². The summed E-state index contributed by atoms with van der Waals surface area (Å²) in [6, 6.07) is 13.1. The number of nitrogens with zero attached hydrogens (tertiary/aromatic N) is 7. The van der Waals surface area contributed by atoms with Crippen LogP contribution in [0.5, 0.6) is 11.5 Å². The van der Waals surface area contributed by atoms with E-state index in [1.807, 2.05) is 20.0 Å². The summed E-state index contributed by atoms with van der Waals surface area (Å²) in [5.74, 6) is 1.34. The zero-order chi connectivity index (χ0) is 27.4. The molecule has 1 amide bonds. The molecule has 198 valence electrons. The molecule has 11 heteroatoms. The maximum absolute atomic E-state index is 12.7. The van der Waals surface area contributed by atoms with Gasteiger partial charge < -0.3 is 19.7 Å². The van der Waals surface area contributed by atoms with Crippen molar-refractivity contribution < 1.29 is 14.3 Å². The highest BCUT2D eigenvalue weighted by Gasteiger charge is 2.30. The van der Waals surface area contributed by atoms with E-state index in [9.17, 15) is 10.1 Å². The Balaban J connectivity index is 1.29. The van der Waals surface area contributed by atoms with E-state index in [0.717, 1.165) is 24.0 Å². The van der Waals surface area contributed by atoms with Crippen molar-refractivity contribution in [2.75, 3.05) is 19.5 Å². The molecule has 1 aliphatic rings. The number of aromatic nitrogens is 5. The van der Waals surface area contributed by atoms with Gasteiger partial charge in [-0.05, 0) is 55.7 Å². The van der Waals surface area contributed by atoms with Crippen molar-refractivity contribution in [1.82, 2.24) is 29.6 Å². The topological polar surface area (TPSA) is 131 Å². The molecule has 2 heterocycles. The van der Waals surface area contributed by atoms with E-state index in [0.29, 0.717) is 46.8 Å². The lowest BCUT2D eigenvalue weighted by atomic mass is 10.1. The van der Waals surface area contributed by atoms with E-state index < -0.39 is 0 Å². The van der Waals surface area contributed by atoms with E-state index in [2.05, 4.69) is 31.4 Å². The van der Waals surface area contributed by atoms with Gasteiger partial charge in [0, 0.05) is 36.6 Å². The van der Waals surface area contributed by atoms with Gasteiger partial charge in [0.15, 0.2) is 0 Å². The number of ether oxygens (including phenoxy) is 2. The minimum absolute atomic E-state index is 0.0264. The number of nitriles is 1. The molecule has 2 aromatic heterocycles. The van der Waals surface area contributed by atoms with Gasteiger partial charge in [-0.3, -0.25) is 4.79 Å². The molecule has 11 nitrogen and oxygen atoms in total. The van der Waals surface area contributed by atoms with Crippen LogP contribution in [0.15, 0.2) is 61.4 Å². The van der Waals surface area contributed by atoms with Crippen LogP contribution >= 0.6 is 0 Å². The monoisotopic (exact) mass is 524 g/mol. The van der Waals surface area contributed by atoms with Gasteiger partial charge >= 0.3 is 0 Å². The zero-order valence-corrected chi connectivity index (χ0v) is 21.9. The largest absolute Gasteiger partial charge is 0.495 e. The third kappa shape index (κ3) is 5.96. The normalized spacial score (nSPS) is 13.3. The number of carbonyl (C=O) groups is 1. The van der Waals surface area contributed by atoms with E-state index in [4.69, 9.17) is 9.47 Å². The van der Waals surface area contributed by atoms with Crippen molar-refractivity contribution in [1.29, 1.82) is 5.26 Å². The lowest BCUT2D eigenvalue weighted by Gasteiger charge is -2.18. The Hall–Kier alpha value is -4.98. The molecule has 1 aliphatic carbocycles. The highest BCUT2D eigenvalue weighted by molar-refractivity contribution is 5.95. The number of rotatable bonds is 10. The van der Waals surface area contributed by atoms with Gasteiger partial charge in [0.2, 0.25) is 5.95 Å². The van der Waals surface area contributed by atoms with E-state index in [1.165, 1.54) is 6.33 Å². The fourth-order valence-corrected chi connectivity index (χ4v) is 4.16. The summed E-state index contributed by atoms with van der Waals surface area (Å²) in [6.07, 6.45) is 8.32. The second kappa shape index (κ2) is 11.2. The van der Waals surface area contributed by atoms with Crippen molar-refractivity contribution in [3.63, 3.8) is 0 Å². The number of hydrogen-bond donors (Lipinski definition) is 1. The van der Waals surface area contributed by atoms with Gasteiger partial charge in [0.25, 0.3) is 5.91 Å². The molecule has 4 aromatic rings. The van der Waals surface area contributed by atoms with Gasteiger partial charge in [0.05, 0.1) is 24.9 Å². The maximum atomic E-state index is 12.7. The maximum Gasteiger partial charge on any atom is 0.253 e. The van der Waals surface area contributed by atoms with Crippen molar-refractivity contribution in [3.05, 3.63) is 72.6 Å². The third-order valence-corrected chi connectivity index (χ3v) is 6.44. The average molecular weight is 525 g/mol. The van der Waals surface area contributed by atoms with Gasteiger partial charge in [0.1, 0.15) is 36.3 Å². The predicted molar refractivity (Wildman–Crippen MR) is 144 cm³/mol. The Bertz CT molecular complexity index is 1490. The Morgan fingerprint density at radius 2 is 1.97 bits per heavy atom. The molecule has 0 aliphatic heterocycles. The number of amides is 1. The Morgan fingerprint density at radius 1 is 1.18 bits per heavy atom. The van der Waals surface area contributed by atoms with Crippen molar-refractivity contribution in [2.45, 2.75) is 38.5 Å². The summed E-state index contributed by atoms with van der Waals surface area (Å²) in [5.41, 5.74) is 3.21. The number of nitrogens with one attached hydrogen (secondary N) is 1. The van der Waals surface area contributed by atoms with E-state index in [-0.39, 0.29) is 12.0 Å². The molecule has 1 saturated carbocycles. The van der Waals surface area contributed by atoms with Crippen LogP contribution in [-0.4, -0.2) is 61.8 Å². The van der Waals surface area contributed by atoms with Crippen LogP contribution in [0, 0.1) is 11.3 Å². The zero-order valence-electron chi connectivity index (χ0n) is 21.9. The van der Waals surface area contributed by atoms with Crippen LogP contribution in [0.3, 0.4) is 0 Å². The summed E-state index contributed by atoms with van der Waals surface area (Å²) < 4.78 is 13.2. The molecule has 39 heavy (non-hydrogen) atoms. The molecule has 1 N–H and O–H groups in total. The lowest BCUT2D eigenvalue weighted by molar-refractivity contribution is 0.0784. The number of hydrogen-bond acceptors (Lipinski definition) is 9. The summed E-state index contributed by atoms with van der Waals surface area (Å²) in [6.45, 7) is 2.40. The summed E-state index contributed by atoms with van der Waals surface area (Å²) in [5, 5.41) is 16.8. The fourth-order valence-electron chi connectivity index (χ4n) is 4.16. The predicted octanol–water partition coefficient (Wildman–Crippen LogP) is 4.06. The van der Waals surface area contributed by atoms with Crippen LogP contribution in [0.25, 0.3) is 11.1 Å². The quantitative estimate of drug-likeness (QED) is 0.326. The van der Waals surface area contributed by atoms with Crippen molar-refractivity contribution >= 4 is 17.5 Å². The van der Waals surface area contributed by atoms with Crippen LogP contribution < -0.4 is 14.8 Å². The Morgan fingerprint density at radius 3 is 2.64 bits per heavy atom. The third-order valence-electron chi connectivity index (χ3n) is 6.44. The molecule has 1 fully saturated rings. The molecule has 5 rings (SSSR count). The SMILES string of the molecule is COc1cc(C(=O)N(C)C2CC2)ccc1Nc1ncc(-c2ccc(C#N)c(O[C@@H](C)Cn3cncn3)c2)cn1.